The van der Waals surface area contributed by atoms with Crippen LogP contribution in [0.2, 0.25) is 0 Å². The number of nitrogens with one attached hydrogen (secondary N) is 1. The Balaban J connectivity index is 3.29. The van der Waals surface area contributed by atoms with Gasteiger partial charge in [0.05, 0.1) is 5.97 Å². The molecule has 0 aromatic heterocycles. The molecule has 0 saturated carbocycles. The second-order valence-corrected chi connectivity index (χ2v) is 6.62. The summed E-state index contributed by atoms with van der Waals surface area (Å²) in [6.45, 7) is 2.24. The number of aliphatic carboxylic acids is 1. The second-order valence-electron chi connectivity index (χ2n) is 6.62. The van der Waals surface area contributed by atoms with Crippen LogP contribution in [-0.4, -0.2) is 23.2 Å². The van der Waals surface area contributed by atoms with Gasteiger partial charge in [0.15, 0.2) is 6.23 Å². The molecule has 5 heteroatoms. The van der Waals surface area contributed by atoms with E-state index in [0.29, 0.717) is 6.42 Å². The average Bonchev–Trinajstić information content (AvgIpc) is 2.58. The summed E-state index contributed by atoms with van der Waals surface area (Å²) < 4.78 is 0. The van der Waals surface area contributed by atoms with E-state index in [0.717, 1.165) is 25.7 Å². The molecule has 0 aliphatic rings. The van der Waals surface area contributed by atoms with Crippen LogP contribution >= 0.6 is 0 Å². The molecule has 0 heterocycles. The largest absolute Gasteiger partial charge is 0.545 e. The summed E-state index contributed by atoms with van der Waals surface area (Å²) in [5, 5.41) is 21.2. The van der Waals surface area contributed by atoms with Gasteiger partial charge in [-0.1, -0.05) is 70.4 Å². The van der Waals surface area contributed by atoms with Crippen molar-refractivity contribution in [2.75, 3.05) is 0 Å². The number of carbonyl (C=O) groups excluding carboxylic acids is 2. The fourth-order valence-corrected chi connectivity index (χ4v) is 2.64. The van der Waals surface area contributed by atoms with Gasteiger partial charge in [0.2, 0.25) is 5.91 Å². The van der Waals surface area contributed by atoms with Crippen LogP contribution in [0.5, 0.6) is 0 Å². The highest BCUT2D eigenvalue weighted by Gasteiger charge is 2.08. The molecule has 146 valence electrons. The molecule has 25 heavy (non-hydrogen) atoms. The minimum absolute atomic E-state index is 0.239. The first-order valence-corrected chi connectivity index (χ1v) is 9.91. The Kier molecular flexibility index (Phi) is 16.5. The van der Waals surface area contributed by atoms with Crippen LogP contribution < -0.4 is 10.4 Å². The maximum absolute atomic E-state index is 11.3. The Labute approximate surface area is 152 Å². The third-order valence-corrected chi connectivity index (χ3v) is 4.19. The average molecular weight is 355 g/mol. The van der Waals surface area contributed by atoms with Crippen molar-refractivity contribution >= 4 is 11.9 Å². The van der Waals surface area contributed by atoms with E-state index < -0.39 is 18.1 Å². The molecule has 0 unspecified atom stereocenters. The van der Waals surface area contributed by atoms with E-state index in [2.05, 4.69) is 19.1 Å². The van der Waals surface area contributed by atoms with Gasteiger partial charge in [-0.25, -0.2) is 0 Å². The van der Waals surface area contributed by atoms with Crippen molar-refractivity contribution in [1.82, 2.24) is 5.32 Å². The first kappa shape index (κ1) is 23.6. The van der Waals surface area contributed by atoms with Crippen LogP contribution in [0.25, 0.3) is 0 Å². The molecule has 0 aromatic carbocycles. The van der Waals surface area contributed by atoms with E-state index in [1.54, 1.807) is 0 Å². The van der Waals surface area contributed by atoms with Gasteiger partial charge in [-0.15, -0.1) is 0 Å². The monoisotopic (exact) mass is 354 g/mol. The van der Waals surface area contributed by atoms with Crippen LogP contribution in [0.3, 0.4) is 0 Å². The number of carboxylic acid groups (broad SMARTS) is 1. The minimum atomic E-state index is -1.91. The zero-order chi connectivity index (χ0) is 18.8. The van der Waals surface area contributed by atoms with E-state index in [1.807, 2.05) is 5.32 Å². The smallest absolute Gasteiger partial charge is 0.222 e. The maximum Gasteiger partial charge on any atom is 0.222 e. The Bertz CT molecular complexity index is 369. The highest BCUT2D eigenvalue weighted by molar-refractivity contribution is 5.81. The Morgan fingerprint density at radius 1 is 0.880 bits per heavy atom. The molecule has 0 fully saturated rings. The van der Waals surface area contributed by atoms with Crippen molar-refractivity contribution in [2.24, 2.45) is 0 Å². The van der Waals surface area contributed by atoms with Crippen molar-refractivity contribution in [3.63, 3.8) is 0 Å². The minimum Gasteiger partial charge on any atom is -0.545 e. The molecule has 0 rings (SSSR count). The molecular formula is C20H36NO4-. The molecule has 0 radical (unpaired) electrons. The summed E-state index contributed by atoms with van der Waals surface area (Å²) in [5.41, 5.74) is 0. The van der Waals surface area contributed by atoms with Crippen LogP contribution in [0.1, 0.15) is 96.8 Å². The lowest BCUT2D eigenvalue weighted by Gasteiger charge is -2.13. The quantitative estimate of drug-likeness (QED) is 0.238. The van der Waals surface area contributed by atoms with Crippen molar-refractivity contribution in [2.45, 2.75) is 103 Å². The number of amides is 1. The lowest BCUT2D eigenvalue weighted by molar-refractivity contribution is -0.316. The summed E-state index contributed by atoms with van der Waals surface area (Å²) in [6.07, 6.45) is 18.3. The first-order valence-electron chi connectivity index (χ1n) is 9.91. The van der Waals surface area contributed by atoms with E-state index in [9.17, 15) is 14.7 Å². The zero-order valence-corrected chi connectivity index (χ0v) is 15.8. The van der Waals surface area contributed by atoms with E-state index in [1.165, 1.54) is 51.4 Å². The number of hydrogen-bond acceptors (Lipinski definition) is 4. The fraction of sp³-hybridized carbons (Fsp3) is 0.800. The van der Waals surface area contributed by atoms with E-state index in [4.69, 9.17) is 5.11 Å². The number of aliphatic hydroxyl groups is 1. The molecule has 5 nitrogen and oxygen atoms in total. The third kappa shape index (κ3) is 17.3. The van der Waals surface area contributed by atoms with Gasteiger partial charge >= 0.3 is 0 Å². The zero-order valence-electron chi connectivity index (χ0n) is 15.8. The summed E-state index contributed by atoms with van der Waals surface area (Å²) in [4.78, 5) is 21.6. The number of carboxylic acids is 1. The van der Waals surface area contributed by atoms with Crippen molar-refractivity contribution in [3.8, 4) is 0 Å². The number of allylic oxidation sites excluding steroid dienone is 2. The van der Waals surface area contributed by atoms with Crippen LogP contribution in [-0.2, 0) is 9.59 Å². The Hall–Kier alpha value is -1.36. The normalized spacial score (nSPS) is 12.4. The van der Waals surface area contributed by atoms with Crippen LogP contribution in [0, 0.1) is 0 Å². The lowest BCUT2D eigenvalue weighted by atomic mass is 10.1. The molecule has 0 spiro atoms. The van der Waals surface area contributed by atoms with Gasteiger partial charge in [-0.3, -0.25) is 4.79 Å². The molecule has 1 atom stereocenters. The summed E-state index contributed by atoms with van der Waals surface area (Å²) >= 11 is 0. The molecule has 0 aliphatic heterocycles. The number of carbonyl (C=O) groups is 2. The van der Waals surface area contributed by atoms with Gasteiger partial charge < -0.3 is 20.3 Å². The third-order valence-electron chi connectivity index (χ3n) is 4.19. The van der Waals surface area contributed by atoms with E-state index in [-0.39, 0.29) is 6.42 Å². The summed E-state index contributed by atoms with van der Waals surface area (Å²) in [7, 11) is 0. The van der Waals surface area contributed by atoms with Crippen molar-refractivity contribution < 1.29 is 19.8 Å². The first-order chi connectivity index (χ1) is 12.1. The van der Waals surface area contributed by atoms with E-state index >= 15 is 0 Å². The number of unbranched alkanes of at least 4 members (excludes halogenated alkanes) is 11. The second kappa shape index (κ2) is 17.5. The highest BCUT2D eigenvalue weighted by Crippen LogP contribution is 2.09. The topological polar surface area (TPSA) is 89.5 Å². The highest BCUT2D eigenvalue weighted by atomic mass is 16.4. The van der Waals surface area contributed by atoms with Gasteiger partial charge in [-0.05, 0) is 32.1 Å². The standard InChI is InChI=1S/C20H37NO4/c1-2-3-4-5-6-7-8-9-10-11-12-13-14-15-16-17-18(22)21-19(23)20(24)25/h9-10,19,23H,2-8,11-17H2,1H3,(H,21,22)(H,24,25)/p-1/b10-9-/t19-/m0/s1. The number of rotatable bonds is 17. The molecule has 1 amide bonds. The molecular weight excluding hydrogens is 318 g/mol. The van der Waals surface area contributed by atoms with Gasteiger partial charge in [0.1, 0.15) is 0 Å². The van der Waals surface area contributed by atoms with Gasteiger partial charge in [-0.2, -0.15) is 0 Å². The number of hydrogen-bond donors (Lipinski definition) is 2. The SMILES string of the molecule is CCCCCCCC/C=C\CCCCCCCC(=O)N[C@@H](O)C(=O)[O-]. The maximum atomic E-state index is 11.3. The molecule has 0 aromatic rings. The van der Waals surface area contributed by atoms with Crippen LogP contribution in [0.15, 0.2) is 12.2 Å². The summed E-state index contributed by atoms with van der Waals surface area (Å²) in [6, 6.07) is 0. The summed E-state index contributed by atoms with van der Waals surface area (Å²) in [5.74, 6) is -2.13. The van der Waals surface area contributed by atoms with Crippen molar-refractivity contribution in [1.29, 1.82) is 0 Å². The predicted octanol–water partition coefficient (Wildman–Crippen LogP) is 3.21. The lowest BCUT2D eigenvalue weighted by Crippen LogP contribution is -2.47. The fourth-order valence-electron chi connectivity index (χ4n) is 2.64. The van der Waals surface area contributed by atoms with Gasteiger partial charge in [0, 0.05) is 6.42 Å². The van der Waals surface area contributed by atoms with Gasteiger partial charge in [0.25, 0.3) is 0 Å². The number of aliphatic hydroxyl groups excluding tert-OH is 1. The Morgan fingerprint density at radius 2 is 1.36 bits per heavy atom. The molecule has 0 bridgehead atoms. The molecule has 2 N–H and O–H groups in total. The Morgan fingerprint density at radius 3 is 1.88 bits per heavy atom. The van der Waals surface area contributed by atoms with Crippen molar-refractivity contribution in [3.05, 3.63) is 12.2 Å². The predicted molar refractivity (Wildman–Crippen MR) is 98.6 cm³/mol. The van der Waals surface area contributed by atoms with Crippen LogP contribution in [0.4, 0.5) is 0 Å². The molecule has 0 saturated heterocycles. The molecule has 0 aliphatic carbocycles.